The van der Waals surface area contributed by atoms with Gasteiger partial charge in [-0.1, -0.05) is 23.7 Å². The van der Waals surface area contributed by atoms with Gasteiger partial charge in [0.2, 0.25) is 0 Å². The average Bonchev–Trinajstić information content (AvgIpc) is 2.71. The fourth-order valence-electron chi connectivity index (χ4n) is 3.36. The maximum Gasteiger partial charge on any atom is 0.191 e. The number of rotatable bonds is 6. The number of aliphatic imine (C=N–C) groups is 1. The number of nitrogens with one attached hydrogen (secondary N) is 2. The van der Waals surface area contributed by atoms with Crippen LogP contribution in [-0.4, -0.2) is 43.2 Å². The van der Waals surface area contributed by atoms with Gasteiger partial charge in [-0.3, -0.25) is 4.99 Å². The second-order valence-electron chi connectivity index (χ2n) is 6.80. The van der Waals surface area contributed by atoms with Crippen molar-refractivity contribution >= 4 is 23.4 Å². The van der Waals surface area contributed by atoms with E-state index in [1.54, 1.807) is 12.1 Å². The van der Waals surface area contributed by atoms with Crippen molar-refractivity contribution in [3.63, 3.8) is 0 Å². The molecule has 5 nitrogen and oxygen atoms in total. The van der Waals surface area contributed by atoms with Crippen molar-refractivity contribution in [2.45, 2.75) is 32.2 Å². The Kier molecular flexibility index (Phi) is 7.48. The molecule has 7 heteroatoms. The van der Waals surface area contributed by atoms with Gasteiger partial charge in [0.1, 0.15) is 11.6 Å². The van der Waals surface area contributed by atoms with Crippen LogP contribution in [0.2, 0.25) is 5.02 Å². The van der Waals surface area contributed by atoms with E-state index in [0.29, 0.717) is 29.6 Å². The Morgan fingerprint density at radius 2 is 2.07 bits per heavy atom. The van der Waals surface area contributed by atoms with Crippen molar-refractivity contribution in [2.24, 2.45) is 4.99 Å². The summed E-state index contributed by atoms with van der Waals surface area (Å²) in [6.45, 7) is 5.20. The highest BCUT2D eigenvalue weighted by Gasteiger charge is 2.20. The zero-order valence-corrected chi connectivity index (χ0v) is 16.9. The first-order chi connectivity index (χ1) is 13.7. The van der Waals surface area contributed by atoms with E-state index in [4.69, 9.17) is 11.6 Å². The maximum absolute atomic E-state index is 13.9. The van der Waals surface area contributed by atoms with Crippen LogP contribution in [0.25, 0.3) is 0 Å². The SMILES string of the molecule is CCNC(=NCCc1c(F)cccc1Cl)NC1CCN(c2ccccn2)CC1. The lowest BCUT2D eigenvalue weighted by Crippen LogP contribution is -2.49. The number of benzene rings is 1. The van der Waals surface area contributed by atoms with Crippen molar-refractivity contribution in [3.8, 4) is 0 Å². The van der Waals surface area contributed by atoms with Crippen LogP contribution in [0, 0.1) is 5.82 Å². The Morgan fingerprint density at radius 1 is 1.25 bits per heavy atom. The van der Waals surface area contributed by atoms with Crippen LogP contribution < -0.4 is 15.5 Å². The molecule has 0 unspecified atom stereocenters. The van der Waals surface area contributed by atoms with Crippen LogP contribution >= 0.6 is 11.6 Å². The van der Waals surface area contributed by atoms with Crippen LogP contribution in [0.4, 0.5) is 10.2 Å². The van der Waals surface area contributed by atoms with Gasteiger partial charge in [-0.15, -0.1) is 0 Å². The van der Waals surface area contributed by atoms with Crippen molar-refractivity contribution in [2.75, 3.05) is 31.1 Å². The summed E-state index contributed by atoms with van der Waals surface area (Å²) in [5, 5.41) is 7.24. The van der Waals surface area contributed by atoms with Crippen molar-refractivity contribution < 1.29 is 4.39 Å². The molecule has 0 amide bonds. The first-order valence-electron chi connectivity index (χ1n) is 9.81. The number of hydrogen-bond acceptors (Lipinski definition) is 3. The Morgan fingerprint density at radius 3 is 2.75 bits per heavy atom. The molecule has 2 N–H and O–H groups in total. The monoisotopic (exact) mass is 403 g/mol. The number of nitrogens with zero attached hydrogens (tertiary/aromatic N) is 3. The molecule has 1 aliphatic heterocycles. The van der Waals surface area contributed by atoms with E-state index in [-0.39, 0.29) is 5.82 Å². The van der Waals surface area contributed by atoms with Gasteiger partial charge in [-0.05, 0) is 50.5 Å². The van der Waals surface area contributed by atoms with Crippen LogP contribution in [0.15, 0.2) is 47.6 Å². The maximum atomic E-state index is 13.9. The minimum absolute atomic E-state index is 0.275. The molecule has 0 saturated carbocycles. The van der Waals surface area contributed by atoms with Gasteiger partial charge in [-0.25, -0.2) is 9.37 Å². The third-order valence-corrected chi connectivity index (χ3v) is 5.20. The summed E-state index contributed by atoms with van der Waals surface area (Å²) in [5.41, 5.74) is 0.521. The number of pyridine rings is 1. The summed E-state index contributed by atoms with van der Waals surface area (Å²) in [6.07, 6.45) is 4.33. The Hall–Kier alpha value is -2.34. The van der Waals surface area contributed by atoms with Crippen LogP contribution in [0.5, 0.6) is 0 Å². The fraction of sp³-hybridized carbons (Fsp3) is 0.429. The first-order valence-corrected chi connectivity index (χ1v) is 10.2. The van der Waals surface area contributed by atoms with Gasteiger partial charge < -0.3 is 15.5 Å². The van der Waals surface area contributed by atoms with Crippen LogP contribution in [-0.2, 0) is 6.42 Å². The Bertz CT molecular complexity index is 755. The molecule has 1 aromatic heterocycles. The fourth-order valence-corrected chi connectivity index (χ4v) is 3.62. The number of piperidine rings is 1. The predicted octanol–water partition coefficient (Wildman–Crippen LogP) is 3.64. The van der Waals surface area contributed by atoms with E-state index in [0.717, 1.165) is 44.3 Å². The summed E-state index contributed by atoms with van der Waals surface area (Å²) in [4.78, 5) is 11.3. The van der Waals surface area contributed by atoms with E-state index in [1.165, 1.54) is 6.07 Å². The van der Waals surface area contributed by atoms with Crippen molar-refractivity contribution in [1.29, 1.82) is 0 Å². The number of aromatic nitrogens is 1. The molecule has 3 rings (SSSR count). The van der Waals surface area contributed by atoms with Gasteiger partial charge in [0, 0.05) is 49.0 Å². The van der Waals surface area contributed by atoms with E-state index in [2.05, 4.69) is 25.5 Å². The average molecular weight is 404 g/mol. The highest BCUT2D eigenvalue weighted by atomic mass is 35.5. The number of halogens is 2. The molecule has 150 valence electrons. The third kappa shape index (κ3) is 5.58. The summed E-state index contributed by atoms with van der Waals surface area (Å²) >= 11 is 6.10. The quantitative estimate of drug-likeness (QED) is 0.571. The molecule has 0 radical (unpaired) electrons. The van der Waals surface area contributed by atoms with E-state index in [1.807, 2.05) is 31.3 Å². The van der Waals surface area contributed by atoms with Crippen molar-refractivity contribution in [1.82, 2.24) is 15.6 Å². The van der Waals surface area contributed by atoms with Gasteiger partial charge >= 0.3 is 0 Å². The molecular weight excluding hydrogens is 377 g/mol. The van der Waals surface area contributed by atoms with E-state index >= 15 is 0 Å². The Labute approximate surface area is 171 Å². The molecule has 0 aliphatic carbocycles. The lowest BCUT2D eigenvalue weighted by atomic mass is 10.1. The molecule has 2 heterocycles. The first kappa shape index (κ1) is 20.4. The number of hydrogen-bond donors (Lipinski definition) is 2. The van der Waals surface area contributed by atoms with Gasteiger partial charge in [0.05, 0.1) is 0 Å². The highest BCUT2D eigenvalue weighted by Crippen LogP contribution is 2.19. The van der Waals surface area contributed by atoms with Gasteiger partial charge in [-0.2, -0.15) is 0 Å². The number of anilines is 1. The van der Waals surface area contributed by atoms with E-state index in [9.17, 15) is 4.39 Å². The largest absolute Gasteiger partial charge is 0.357 e. The molecule has 0 atom stereocenters. The topological polar surface area (TPSA) is 52.6 Å². The number of guanidine groups is 1. The smallest absolute Gasteiger partial charge is 0.191 e. The van der Waals surface area contributed by atoms with Crippen LogP contribution in [0.3, 0.4) is 0 Å². The molecule has 1 aliphatic rings. The van der Waals surface area contributed by atoms with Gasteiger partial charge in [0.25, 0.3) is 0 Å². The summed E-state index contributed by atoms with van der Waals surface area (Å²) in [5.74, 6) is 1.53. The molecule has 1 fully saturated rings. The molecule has 2 aromatic rings. The zero-order chi connectivity index (χ0) is 19.8. The van der Waals surface area contributed by atoms with E-state index < -0.39 is 0 Å². The predicted molar refractivity (Wildman–Crippen MR) is 114 cm³/mol. The highest BCUT2D eigenvalue weighted by molar-refractivity contribution is 6.31. The normalized spacial score (nSPS) is 15.5. The molecule has 0 spiro atoms. The van der Waals surface area contributed by atoms with Crippen molar-refractivity contribution in [3.05, 3.63) is 59.0 Å². The third-order valence-electron chi connectivity index (χ3n) is 4.85. The summed E-state index contributed by atoms with van der Waals surface area (Å²) < 4.78 is 13.9. The summed E-state index contributed by atoms with van der Waals surface area (Å²) in [7, 11) is 0. The second-order valence-corrected chi connectivity index (χ2v) is 7.21. The molecule has 1 aromatic carbocycles. The molecule has 28 heavy (non-hydrogen) atoms. The summed E-state index contributed by atoms with van der Waals surface area (Å²) in [6, 6.07) is 11.1. The standard InChI is InChI=1S/C21H27ClFN5/c1-2-24-21(26-13-9-17-18(22)6-5-7-19(17)23)27-16-10-14-28(15-11-16)20-8-3-4-12-25-20/h3-8,12,16H,2,9-11,13-15H2,1H3,(H2,24,26,27). The second kappa shape index (κ2) is 10.3. The molecular formula is C21H27ClFN5. The molecule has 0 bridgehead atoms. The lowest BCUT2D eigenvalue weighted by molar-refractivity contribution is 0.459. The minimum Gasteiger partial charge on any atom is -0.357 e. The van der Waals surface area contributed by atoms with Crippen LogP contribution in [0.1, 0.15) is 25.3 Å². The van der Waals surface area contributed by atoms with Gasteiger partial charge in [0.15, 0.2) is 5.96 Å². The zero-order valence-electron chi connectivity index (χ0n) is 16.2. The molecule has 1 saturated heterocycles. The lowest BCUT2D eigenvalue weighted by Gasteiger charge is -2.33. The minimum atomic E-state index is -0.275. The Balaban J connectivity index is 1.52.